The zero-order chi connectivity index (χ0) is 13.2. The van der Waals surface area contributed by atoms with Crippen LogP contribution in [0, 0.1) is 5.92 Å². The van der Waals surface area contributed by atoms with E-state index >= 15 is 0 Å². The summed E-state index contributed by atoms with van der Waals surface area (Å²) in [4.78, 5) is 6.63. The van der Waals surface area contributed by atoms with Crippen molar-refractivity contribution in [1.29, 1.82) is 0 Å². The molecule has 3 rings (SSSR count). The number of hydrogen-bond donors (Lipinski definition) is 1. The summed E-state index contributed by atoms with van der Waals surface area (Å²) in [6.07, 6.45) is 9.38. The van der Waals surface area contributed by atoms with Crippen molar-refractivity contribution in [3.05, 3.63) is 15.6 Å². The van der Waals surface area contributed by atoms with E-state index in [9.17, 15) is 0 Å². The summed E-state index contributed by atoms with van der Waals surface area (Å²) in [5.41, 5.74) is 1.40. The molecule has 3 atom stereocenters. The van der Waals surface area contributed by atoms with Gasteiger partial charge in [0.25, 0.3) is 0 Å². The monoisotopic (exact) mass is 278 g/mol. The van der Waals surface area contributed by atoms with Gasteiger partial charge in [-0.2, -0.15) is 0 Å². The zero-order valence-electron chi connectivity index (χ0n) is 12.2. The van der Waals surface area contributed by atoms with Gasteiger partial charge >= 0.3 is 0 Å². The molecule has 2 nitrogen and oxygen atoms in total. The number of thiazole rings is 1. The lowest BCUT2D eigenvalue weighted by atomic mass is 9.97. The van der Waals surface area contributed by atoms with E-state index in [-0.39, 0.29) is 0 Å². The minimum Gasteiger partial charge on any atom is -0.309 e. The lowest BCUT2D eigenvalue weighted by Gasteiger charge is -2.21. The van der Waals surface area contributed by atoms with Gasteiger partial charge in [0.05, 0.1) is 16.7 Å². The van der Waals surface area contributed by atoms with Gasteiger partial charge in [-0.1, -0.05) is 20.3 Å². The number of nitrogens with one attached hydrogen (secondary N) is 1. The minimum absolute atomic E-state index is 0.530. The molecule has 1 fully saturated rings. The normalized spacial score (nSPS) is 30.5. The van der Waals surface area contributed by atoms with Crippen LogP contribution in [0.15, 0.2) is 0 Å². The average molecular weight is 278 g/mol. The molecule has 0 bridgehead atoms. The Kier molecular flexibility index (Phi) is 4.23. The molecule has 1 heterocycles. The highest BCUT2D eigenvalue weighted by molar-refractivity contribution is 7.11. The van der Waals surface area contributed by atoms with Crippen LogP contribution in [0.5, 0.6) is 0 Å². The van der Waals surface area contributed by atoms with Crippen molar-refractivity contribution in [3.8, 4) is 0 Å². The SMILES string of the molecule is CCNC1CCCc2sc(C3CCC(CC)C3)nc21. The van der Waals surface area contributed by atoms with Gasteiger partial charge in [-0.05, 0) is 51.0 Å². The van der Waals surface area contributed by atoms with Crippen molar-refractivity contribution >= 4 is 11.3 Å². The topological polar surface area (TPSA) is 24.9 Å². The summed E-state index contributed by atoms with van der Waals surface area (Å²) >= 11 is 2.02. The average Bonchev–Trinajstić information content (AvgIpc) is 3.05. The highest BCUT2D eigenvalue weighted by Gasteiger charge is 2.30. The van der Waals surface area contributed by atoms with Crippen LogP contribution in [0.2, 0.25) is 0 Å². The molecular weight excluding hydrogens is 252 g/mol. The molecule has 2 aliphatic rings. The maximum atomic E-state index is 5.06. The Hall–Kier alpha value is -0.410. The van der Waals surface area contributed by atoms with E-state index in [0.29, 0.717) is 6.04 Å². The van der Waals surface area contributed by atoms with Crippen LogP contribution in [0.4, 0.5) is 0 Å². The lowest BCUT2D eigenvalue weighted by molar-refractivity contribution is 0.463. The molecule has 3 heteroatoms. The Morgan fingerprint density at radius 2 is 2.16 bits per heavy atom. The number of aromatic nitrogens is 1. The van der Waals surface area contributed by atoms with Crippen LogP contribution in [0.25, 0.3) is 0 Å². The Bertz CT molecular complexity index is 426. The quantitative estimate of drug-likeness (QED) is 0.881. The molecular formula is C16H26N2S. The molecule has 0 aliphatic heterocycles. The molecule has 19 heavy (non-hydrogen) atoms. The van der Waals surface area contributed by atoms with Gasteiger partial charge in [-0.3, -0.25) is 0 Å². The molecule has 2 aliphatic carbocycles. The van der Waals surface area contributed by atoms with Gasteiger partial charge in [0.1, 0.15) is 0 Å². The third-order valence-electron chi connectivity index (χ3n) is 4.89. The molecule has 0 radical (unpaired) electrons. The summed E-state index contributed by atoms with van der Waals surface area (Å²) in [6.45, 7) is 5.59. The maximum Gasteiger partial charge on any atom is 0.0962 e. The molecule has 0 spiro atoms. The highest BCUT2D eigenvalue weighted by Crippen LogP contribution is 2.43. The second-order valence-electron chi connectivity index (χ2n) is 6.15. The van der Waals surface area contributed by atoms with E-state index in [1.807, 2.05) is 11.3 Å². The van der Waals surface area contributed by atoms with Gasteiger partial charge in [0.2, 0.25) is 0 Å². The van der Waals surface area contributed by atoms with Crippen LogP contribution in [-0.2, 0) is 6.42 Å². The molecule has 1 saturated carbocycles. The fourth-order valence-corrected chi connectivity index (χ4v) is 5.04. The van der Waals surface area contributed by atoms with Crippen molar-refractivity contribution in [1.82, 2.24) is 10.3 Å². The summed E-state index contributed by atoms with van der Waals surface area (Å²) < 4.78 is 0. The molecule has 0 amide bonds. The first-order chi connectivity index (χ1) is 9.31. The van der Waals surface area contributed by atoms with Crippen LogP contribution in [-0.4, -0.2) is 11.5 Å². The van der Waals surface area contributed by atoms with Gasteiger partial charge in [-0.25, -0.2) is 4.98 Å². The van der Waals surface area contributed by atoms with Crippen molar-refractivity contribution in [2.24, 2.45) is 5.92 Å². The van der Waals surface area contributed by atoms with Gasteiger partial charge < -0.3 is 5.32 Å². The Labute approximate surface area is 121 Å². The first kappa shape index (κ1) is 13.6. The third kappa shape index (κ3) is 2.73. The van der Waals surface area contributed by atoms with E-state index < -0.39 is 0 Å². The fourth-order valence-electron chi connectivity index (χ4n) is 3.73. The molecule has 1 N–H and O–H groups in total. The summed E-state index contributed by atoms with van der Waals surface area (Å²) in [7, 11) is 0. The van der Waals surface area contributed by atoms with E-state index in [2.05, 4.69) is 19.2 Å². The van der Waals surface area contributed by atoms with E-state index in [1.165, 1.54) is 55.6 Å². The molecule has 3 unspecified atom stereocenters. The van der Waals surface area contributed by atoms with E-state index in [4.69, 9.17) is 4.98 Å². The highest BCUT2D eigenvalue weighted by atomic mass is 32.1. The fraction of sp³-hybridized carbons (Fsp3) is 0.812. The number of hydrogen-bond acceptors (Lipinski definition) is 3. The third-order valence-corrected chi connectivity index (χ3v) is 6.18. The first-order valence-electron chi connectivity index (χ1n) is 8.04. The standard InChI is InChI=1S/C16H26N2S/c1-3-11-8-9-12(10-11)16-18-15-13(17-4-2)6-5-7-14(15)19-16/h11-13,17H,3-10H2,1-2H3. The number of aryl methyl sites for hydroxylation is 1. The van der Waals surface area contributed by atoms with Crippen LogP contribution < -0.4 is 5.32 Å². The van der Waals surface area contributed by atoms with Crippen molar-refractivity contribution in [3.63, 3.8) is 0 Å². The summed E-state index contributed by atoms with van der Waals surface area (Å²) in [5, 5.41) is 5.06. The number of fused-ring (bicyclic) bond motifs is 1. The molecule has 0 saturated heterocycles. The van der Waals surface area contributed by atoms with Crippen molar-refractivity contribution in [2.45, 2.75) is 70.8 Å². The zero-order valence-corrected chi connectivity index (χ0v) is 13.1. The predicted octanol–water partition coefficient (Wildman–Crippen LogP) is 4.42. The van der Waals surface area contributed by atoms with E-state index in [1.54, 1.807) is 4.88 Å². The molecule has 0 aromatic carbocycles. The summed E-state index contributed by atoms with van der Waals surface area (Å²) in [5.74, 6) is 1.72. The molecule has 1 aromatic rings. The maximum absolute atomic E-state index is 5.06. The Morgan fingerprint density at radius 1 is 1.26 bits per heavy atom. The molecule has 1 aromatic heterocycles. The van der Waals surface area contributed by atoms with Gasteiger partial charge in [-0.15, -0.1) is 11.3 Å². The van der Waals surface area contributed by atoms with Crippen LogP contribution >= 0.6 is 11.3 Å². The minimum atomic E-state index is 0.530. The van der Waals surface area contributed by atoms with E-state index in [0.717, 1.165) is 18.4 Å². The van der Waals surface area contributed by atoms with Gasteiger partial charge in [0.15, 0.2) is 0 Å². The second kappa shape index (κ2) is 5.92. The Morgan fingerprint density at radius 3 is 2.89 bits per heavy atom. The smallest absolute Gasteiger partial charge is 0.0962 e. The summed E-state index contributed by atoms with van der Waals surface area (Å²) in [6, 6.07) is 0.530. The molecule has 106 valence electrons. The van der Waals surface area contributed by atoms with Crippen LogP contribution in [0.3, 0.4) is 0 Å². The number of nitrogens with zero attached hydrogens (tertiary/aromatic N) is 1. The van der Waals surface area contributed by atoms with Crippen molar-refractivity contribution in [2.75, 3.05) is 6.54 Å². The predicted molar refractivity (Wildman–Crippen MR) is 81.8 cm³/mol. The van der Waals surface area contributed by atoms with Crippen molar-refractivity contribution < 1.29 is 0 Å². The lowest BCUT2D eigenvalue weighted by Crippen LogP contribution is -2.24. The van der Waals surface area contributed by atoms with Crippen LogP contribution in [0.1, 0.15) is 79.9 Å². The second-order valence-corrected chi connectivity index (χ2v) is 7.26. The number of rotatable bonds is 4. The Balaban J connectivity index is 1.78. The largest absolute Gasteiger partial charge is 0.309 e. The first-order valence-corrected chi connectivity index (χ1v) is 8.86. The van der Waals surface area contributed by atoms with Gasteiger partial charge in [0, 0.05) is 10.8 Å².